The van der Waals surface area contributed by atoms with Crippen LogP contribution >= 0.6 is 11.6 Å². The van der Waals surface area contributed by atoms with E-state index in [4.69, 9.17) is 16.3 Å². The number of nitrogens with zero attached hydrogens (tertiary/aromatic N) is 1. The Hall–Kier alpha value is -0.770. The third-order valence-corrected chi connectivity index (χ3v) is 3.44. The average Bonchev–Trinajstić information content (AvgIpc) is 2.40. The summed E-state index contributed by atoms with van der Waals surface area (Å²) >= 11 is 6.37. The van der Waals surface area contributed by atoms with Crippen LogP contribution in [-0.4, -0.2) is 32.8 Å². The van der Waals surface area contributed by atoms with Crippen molar-refractivity contribution in [2.75, 3.05) is 37.7 Å². The van der Waals surface area contributed by atoms with Crippen LogP contribution in [0.5, 0.6) is 0 Å². The maximum Gasteiger partial charge on any atom is 0.0642 e. The number of ether oxygens (including phenoxy) is 1. The van der Waals surface area contributed by atoms with Crippen LogP contribution in [0.1, 0.15) is 18.9 Å². The molecule has 0 unspecified atom stereocenters. The van der Waals surface area contributed by atoms with E-state index in [1.807, 2.05) is 12.1 Å². The van der Waals surface area contributed by atoms with Gasteiger partial charge < -0.3 is 15.0 Å². The number of morpholine rings is 1. The van der Waals surface area contributed by atoms with Gasteiger partial charge in [-0.15, -0.1) is 0 Å². The van der Waals surface area contributed by atoms with Crippen molar-refractivity contribution in [2.45, 2.75) is 19.9 Å². The molecule has 1 fully saturated rings. The molecule has 1 aromatic rings. The number of hydrogen-bond donors (Lipinski definition) is 1. The Bertz CT molecular complexity index is 378. The monoisotopic (exact) mass is 268 g/mol. The lowest BCUT2D eigenvalue weighted by molar-refractivity contribution is 0.122. The average molecular weight is 269 g/mol. The largest absolute Gasteiger partial charge is 0.378 e. The Kier molecular flexibility index (Phi) is 5.29. The van der Waals surface area contributed by atoms with E-state index in [1.54, 1.807) is 0 Å². The molecule has 18 heavy (non-hydrogen) atoms. The summed E-state index contributed by atoms with van der Waals surface area (Å²) in [5.74, 6) is 0. The molecule has 0 saturated carbocycles. The van der Waals surface area contributed by atoms with Crippen LogP contribution < -0.4 is 10.2 Å². The maximum absolute atomic E-state index is 6.37. The minimum Gasteiger partial charge on any atom is -0.378 e. The van der Waals surface area contributed by atoms with E-state index in [2.05, 4.69) is 23.2 Å². The van der Waals surface area contributed by atoms with E-state index in [-0.39, 0.29) is 0 Å². The summed E-state index contributed by atoms with van der Waals surface area (Å²) in [7, 11) is 0. The molecule has 3 nitrogen and oxygen atoms in total. The van der Waals surface area contributed by atoms with Gasteiger partial charge in [0.05, 0.1) is 23.9 Å². The molecule has 0 aliphatic carbocycles. The number of anilines is 1. The first-order valence-corrected chi connectivity index (χ1v) is 7.01. The van der Waals surface area contributed by atoms with Gasteiger partial charge in [-0.25, -0.2) is 0 Å². The molecule has 1 aliphatic heterocycles. The molecule has 1 aliphatic rings. The Morgan fingerprint density at radius 2 is 2.11 bits per heavy atom. The molecule has 1 aromatic carbocycles. The maximum atomic E-state index is 6.37. The molecule has 1 N–H and O–H groups in total. The number of halogens is 1. The molecule has 2 rings (SSSR count). The lowest BCUT2D eigenvalue weighted by Gasteiger charge is -2.31. The first kappa shape index (κ1) is 13.7. The van der Waals surface area contributed by atoms with Crippen LogP contribution in [0, 0.1) is 0 Å². The second-order valence-electron chi connectivity index (χ2n) is 4.52. The fraction of sp³-hybridized carbons (Fsp3) is 0.571. The number of nitrogens with one attached hydrogen (secondary N) is 1. The number of benzene rings is 1. The zero-order valence-electron chi connectivity index (χ0n) is 10.9. The van der Waals surface area contributed by atoms with Gasteiger partial charge in [-0.05, 0) is 24.6 Å². The van der Waals surface area contributed by atoms with Gasteiger partial charge in [-0.2, -0.15) is 0 Å². The van der Waals surface area contributed by atoms with E-state index in [1.165, 1.54) is 11.3 Å². The predicted molar refractivity (Wildman–Crippen MR) is 76.5 cm³/mol. The third-order valence-electron chi connectivity index (χ3n) is 3.14. The SMILES string of the molecule is CCCNCc1cccc(Cl)c1N1CCOCC1. The van der Waals surface area contributed by atoms with Gasteiger partial charge in [0.15, 0.2) is 0 Å². The van der Waals surface area contributed by atoms with Crippen LogP contribution in [-0.2, 0) is 11.3 Å². The quantitative estimate of drug-likeness (QED) is 0.831. The molecule has 4 heteroatoms. The lowest BCUT2D eigenvalue weighted by Crippen LogP contribution is -2.37. The van der Waals surface area contributed by atoms with E-state index < -0.39 is 0 Å². The van der Waals surface area contributed by atoms with Gasteiger partial charge in [0.25, 0.3) is 0 Å². The van der Waals surface area contributed by atoms with Crippen molar-refractivity contribution in [1.29, 1.82) is 0 Å². The highest BCUT2D eigenvalue weighted by Crippen LogP contribution is 2.30. The first-order chi connectivity index (χ1) is 8.83. The summed E-state index contributed by atoms with van der Waals surface area (Å²) in [6.45, 7) is 7.50. The summed E-state index contributed by atoms with van der Waals surface area (Å²) < 4.78 is 5.40. The molecule has 0 radical (unpaired) electrons. The van der Waals surface area contributed by atoms with E-state index in [0.717, 1.165) is 50.8 Å². The molecule has 0 aromatic heterocycles. The minimum absolute atomic E-state index is 0.785. The highest BCUT2D eigenvalue weighted by atomic mass is 35.5. The van der Waals surface area contributed by atoms with E-state index in [9.17, 15) is 0 Å². The fourth-order valence-electron chi connectivity index (χ4n) is 2.24. The van der Waals surface area contributed by atoms with E-state index in [0.29, 0.717) is 0 Å². The summed E-state index contributed by atoms with van der Waals surface area (Å²) in [6, 6.07) is 6.14. The number of rotatable bonds is 5. The summed E-state index contributed by atoms with van der Waals surface area (Å²) in [5.41, 5.74) is 2.45. The van der Waals surface area contributed by atoms with Gasteiger partial charge >= 0.3 is 0 Å². The standard InChI is InChI=1S/C14H21ClN2O/c1-2-6-16-11-12-4-3-5-13(15)14(12)17-7-9-18-10-8-17/h3-5,16H,2,6-11H2,1H3. The van der Waals surface area contributed by atoms with Crippen LogP contribution in [0.2, 0.25) is 5.02 Å². The van der Waals surface area contributed by atoms with Gasteiger partial charge in [-0.1, -0.05) is 30.7 Å². The van der Waals surface area contributed by atoms with Crippen LogP contribution in [0.4, 0.5) is 5.69 Å². The van der Waals surface area contributed by atoms with Gasteiger partial charge in [0.1, 0.15) is 0 Å². The molecule has 100 valence electrons. The molecule has 0 bridgehead atoms. The topological polar surface area (TPSA) is 24.5 Å². The minimum atomic E-state index is 0.785. The molecular weight excluding hydrogens is 248 g/mol. The highest BCUT2D eigenvalue weighted by molar-refractivity contribution is 6.33. The summed E-state index contributed by atoms with van der Waals surface area (Å²) in [6.07, 6.45) is 1.15. The Morgan fingerprint density at radius 3 is 2.83 bits per heavy atom. The molecular formula is C14H21ClN2O. The predicted octanol–water partition coefficient (Wildman–Crippen LogP) is 2.68. The van der Waals surface area contributed by atoms with Crippen LogP contribution in [0.25, 0.3) is 0 Å². The highest BCUT2D eigenvalue weighted by Gasteiger charge is 2.17. The molecule has 0 amide bonds. The van der Waals surface area contributed by atoms with Crippen molar-refractivity contribution >= 4 is 17.3 Å². The number of para-hydroxylation sites is 1. The fourth-order valence-corrected chi connectivity index (χ4v) is 2.56. The van der Waals surface area contributed by atoms with Crippen molar-refractivity contribution in [3.05, 3.63) is 28.8 Å². The zero-order valence-corrected chi connectivity index (χ0v) is 11.7. The summed E-state index contributed by atoms with van der Waals surface area (Å²) in [4.78, 5) is 2.33. The second-order valence-corrected chi connectivity index (χ2v) is 4.93. The van der Waals surface area contributed by atoms with E-state index >= 15 is 0 Å². The zero-order chi connectivity index (χ0) is 12.8. The van der Waals surface area contributed by atoms with Gasteiger partial charge in [0.2, 0.25) is 0 Å². The van der Waals surface area contributed by atoms with Crippen LogP contribution in [0.15, 0.2) is 18.2 Å². The Labute approximate surface area is 114 Å². The molecule has 1 saturated heterocycles. The van der Waals surface area contributed by atoms with Gasteiger partial charge in [0, 0.05) is 19.6 Å². The molecule has 0 atom stereocenters. The molecule has 1 heterocycles. The second kappa shape index (κ2) is 6.98. The van der Waals surface area contributed by atoms with Gasteiger partial charge in [-0.3, -0.25) is 0 Å². The third kappa shape index (κ3) is 3.37. The van der Waals surface area contributed by atoms with Crippen molar-refractivity contribution in [3.63, 3.8) is 0 Å². The Balaban J connectivity index is 2.14. The first-order valence-electron chi connectivity index (χ1n) is 6.63. The van der Waals surface area contributed by atoms with Crippen molar-refractivity contribution < 1.29 is 4.74 Å². The van der Waals surface area contributed by atoms with Crippen molar-refractivity contribution in [2.24, 2.45) is 0 Å². The van der Waals surface area contributed by atoms with Crippen molar-refractivity contribution in [3.8, 4) is 0 Å². The lowest BCUT2D eigenvalue weighted by atomic mass is 10.1. The normalized spacial score (nSPS) is 16.0. The number of hydrogen-bond acceptors (Lipinski definition) is 3. The van der Waals surface area contributed by atoms with Crippen molar-refractivity contribution in [1.82, 2.24) is 5.32 Å². The van der Waals surface area contributed by atoms with Crippen LogP contribution in [0.3, 0.4) is 0 Å². The summed E-state index contributed by atoms with van der Waals surface area (Å²) in [5, 5.41) is 4.28. The Morgan fingerprint density at radius 1 is 1.33 bits per heavy atom. The molecule has 0 spiro atoms. The smallest absolute Gasteiger partial charge is 0.0642 e.